The van der Waals surface area contributed by atoms with Gasteiger partial charge in [-0.15, -0.1) is 0 Å². The zero-order chi connectivity index (χ0) is 16.6. The molecule has 1 amide bonds. The smallest absolute Gasteiger partial charge is 0.242 e. The van der Waals surface area contributed by atoms with Crippen LogP contribution in [0.15, 0.2) is 12.1 Å². The highest BCUT2D eigenvalue weighted by Gasteiger charge is 2.34. The van der Waals surface area contributed by atoms with Gasteiger partial charge in [-0.25, -0.2) is 4.39 Å². The van der Waals surface area contributed by atoms with Crippen molar-refractivity contribution in [3.8, 4) is 0 Å². The van der Waals surface area contributed by atoms with E-state index in [4.69, 9.17) is 0 Å². The maximum absolute atomic E-state index is 14.0. The molecule has 5 heteroatoms. The second-order valence-corrected chi connectivity index (χ2v) is 7.30. The summed E-state index contributed by atoms with van der Waals surface area (Å²) in [6.07, 6.45) is 3.78. The molecular formula is C18H25FN2O2. The molecule has 1 atom stereocenters. The Kier molecular flexibility index (Phi) is 4.32. The van der Waals surface area contributed by atoms with Crippen LogP contribution in [0.1, 0.15) is 43.7 Å². The number of rotatable bonds is 3. The lowest BCUT2D eigenvalue weighted by molar-refractivity contribution is -0.123. The summed E-state index contributed by atoms with van der Waals surface area (Å²) < 4.78 is 14.0. The Morgan fingerprint density at radius 2 is 2.13 bits per heavy atom. The average Bonchev–Trinajstić information content (AvgIpc) is 2.93. The minimum atomic E-state index is -0.796. The number of aryl methyl sites for hydroxylation is 1. The number of fused-ring (bicyclic) bond motifs is 1. The molecule has 4 nitrogen and oxygen atoms in total. The largest absolute Gasteiger partial charge is 0.388 e. The third kappa shape index (κ3) is 3.50. The van der Waals surface area contributed by atoms with E-state index in [1.54, 1.807) is 0 Å². The zero-order valence-electron chi connectivity index (χ0n) is 13.8. The van der Waals surface area contributed by atoms with Gasteiger partial charge in [0.15, 0.2) is 0 Å². The van der Waals surface area contributed by atoms with Crippen LogP contribution >= 0.6 is 0 Å². The van der Waals surface area contributed by atoms with Crippen LogP contribution in [0.5, 0.6) is 0 Å². The second kappa shape index (κ2) is 6.11. The van der Waals surface area contributed by atoms with Crippen LogP contribution in [0, 0.1) is 18.7 Å². The molecule has 1 saturated carbocycles. The summed E-state index contributed by atoms with van der Waals surface area (Å²) in [6, 6.07) is 2.89. The quantitative estimate of drug-likeness (QED) is 0.802. The molecule has 0 bridgehead atoms. The molecular weight excluding hydrogens is 295 g/mol. The van der Waals surface area contributed by atoms with E-state index in [-0.39, 0.29) is 18.3 Å². The first-order valence-corrected chi connectivity index (χ1v) is 8.42. The van der Waals surface area contributed by atoms with Gasteiger partial charge in [-0.1, -0.05) is 6.92 Å². The molecule has 23 heavy (non-hydrogen) atoms. The Morgan fingerprint density at radius 3 is 2.83 bits per heavy atom. The highest BCUT2D eigenvalue weighted by atomic mass is 19.1. The van der Waals surface area contributed by atoms with Crippen molar-refractivity contribution in [1.29, 1.82) is 0 Å². The number of amides is 1. The lowest BCUT2D eigenvalue weighted by atomic mass is 9.79. The highest BCUT2D eigenvalue weighted by molar-refractivity contribution is 5.87. The van der Waals surface area contributed by atoms with Gasteiger partial charge in [0.1, 0.15) is 11.9 Å². The molecule has 0 aromatic heterocycles. The summed E-state index contributed by atoms with van der Waals surface area (Å²) in [5, 5.41) is 16.5. The molecule has 0 spiro atoms. The molecule has 0 radical (unpaired) electrons. The van der Waals surface area contributed by atoms with E-state index in [9.17, 15) is 14.3 Å². The minimum absolute atomic E-state index is 0.176. The number of nitrogens with one attached hydrogen (secondary N) is 2. The summed E-state index contributed by atoms with van der Waals surface area (Å²) in [4.78, 5) is 12.4. The average molecular weight is 320 g/mol. The summed E-state index contributed by atoms with van der Waals surface area (Å²) in [7, 11) is 0. The maximum atomic E-state index is 14.0. The highest BCUT2D eigenvalue weighted by Crippen LogP contribution is 2.32. The van der Waals surface area contributed by atoms with Gasteiger partial charge in [0.05, 0.1) is 5.60 Å². The number of aliphatic hydroxyl groups is 1. The summed E-state index contributed by atoms with van der Waals surface area (Å²) in [6.45, 7) is 4.29. The molecule has 1 heterocycles. The lowest BCUT2D eigenvalue weighted by Gasteiger charge is -2.35. The minimum Gasteiger partial charge on any atom is -0.388 e. The number of hydrogen-bond acceptors (Lipinski definition) is 3. The Hall–Kier alpha value is -1.62. The van der Waals surface area contributed by atoms with E-state index in [2.05, 4.69) is 17.6 Å². The molecule has 1 aliphatic carbocycles. The third-order valence-corrected chi connectivity index (χ3v) is 5.19. The molecule has 2 aliphatic rings. The standard InChI is InChI=1S/C18H25FN2O2/c1-11-3-5-18(23,6-4-11)10-20-17(22)16-9-13-14(19)7-12(2)8-15(13)21-16/h7-8,11,16,21,23H,3-6,9-10H2,1-2H3,(H,20,22). The van der Waals surface area contributed by atoms with E-state index in [0.29, 0.717) is 23.6 Å². The van der Waals surface area contributed by atoms with Crippen LogP contribution in [0.25, 0.3) is 0 Å². The zero-order valence-corrected chi connectivity index (χ0v) is 13.8. The van der Waals surface area contributed by atoms with E-state index in [1.807, 2.05) is 13.0 Å². The second-order valence-electron chi connectivity index (χ2n) is 7.30. The van der Waals surface area contributed by atoms with Crippen LogP contribution in [-0.4, -0.2) is 29.2 Å². The molecule has 1 aliphatic heterocycles. The Bertz CT molecular complexity index is 609. The van der Waals surface area contributed by atoms with Crippen molar-refractivity contribution in [2.75, 3.05) is 11.9 Å². The van der Waals surface area contributed by atoms with Crippen LogP contribution in [0.3, 0.4) is 0 Å². The van der Waals surface area contributed by atoms with Crippen molar-refractivity contribution in [3.63, 3.8) is 0 Å². The van der Waals surface area contributed by atoms with Crippen LogP contribution < -0.4 is 10.6 Å². The fourth-order valence-electron chi connectivity index (χ4n) is 3.56. The number of carbonyl (C=O) groups excluding carboxylic acids is 1. The van der Waals surface area contributed by atoms with Gasteiger partial charge < -0.3 is 15.7 Å². The first-order chi connectivity index (χ1) is 10.9. The predicted octanol–water partition coefficient (Wildman–Crippen LogP) is 2.53. The summed E-state index contributed by atoms with van der Waals surface area (Å²) >= 11 is 0. The molecule has 126 valence electrons. The van der Waals surface area contributed by atoms with Crippen molar-refractivity contribution in [2.45, 2.75) is 57.6 Å². The number of carbonyl (C=O) groups is 1. The van der Waals surface area contributed by atoms with Gasteiger partial charge in [-0.05, 0) is 56.2 Å². The molecule has 3 N–H and O–H groups in total. The van der Waals surface area contributed by atoms with Crippen LogP contribution in [0.4, 0.5) is 10.1 Å². The van der Waals surface area contributed by atoms with Crippen molar-refractivity contribution >= 4 is 11.6 Å². The Labute approximate surface area is 136 Å². The SMILES string of the molecule is Cc1cc(F)c2c(c1)NC(C(=O)NCC1(O)CCC(C)CC1)C2. The maximum Gasteiger partial charge on any atom is 0.242 e. The lowest BCUT2D eigenvalue weighted by Crippen LogP contribution is -2.48. The van der Waals surface area contributed by atoms with E-state index >= 15 is 0 Å². The van der Waals surface area contributed by atoms with Gasteiger partial charge in [0, 0.05) is 24.2 Å². The molecule has 1 fully saturated rings. The van der Waals surface area contributed by atoms with Crippen molar-refractivity contribution < 1.29 is 14.3 Å². The molecule has 1 unspecified atom stereocenters. The summed E-state index contributed by atoms with van der Waals surface area (Å²) in [5.74, 6) is 0.205. The van der Waals surface area contributed by atoms with Gasteiger partial charge in [0.2, 0.25) is 5.91 Å². The third-order valence-electron chi connectivity index (χ3n) is 5.19. The van der Waals surface area contributed by atoms with Crippen LogP contribution in [0.2, 0.25) is 0 Å². The first kappa shape index (κ1) is 16.2. The van der Waals surface area contributed by atoms with Crippen molar-refractivity contribution in [2.24, 2.45) is 5.92 Å². The van der Waals surface area contributed by atoms with Crippen molar-refractivity contribution in [3.05, 3.63) is 29.1 Å². The molecule has 1 aromatic carbocycles. The summed E-state index contributed by atoms with van der Waals surface area (Å²) in [5.41, 5.74) is 1.31. The number of benzene rings is 1. The van der Waals surface area contributed by atoms with Gasteiger partial charge >= 0.3 is 0 Å². The number of halogens is 1. The normalized spacial score (nSPS) is 29.7. The fourth-order valence-corrected chi connectivity index (χ4v) is 3.56. The van der Waals surface area contributed by atoms with Gasteiger partial charge in [-0.3, -0.25) is 4.79 Å². The molecule has 0 saturated heterocycles. The topological polar surface area (TPSA) is 61.4 Å². The number of anilines is 1. The fraction of sp³-hybridized carbons (Fsp3) is 0.611. The van der Waals surface area contributed by atoms with E-state index in [1.165, 1.54) is 6.07 Å². The van der Waals surface area contributed by atoms with Crippen LogP contribution in [-0.2, 0) is 11.2 Å². The predicted molar refractivity (Wildman–Crippen MR) is 87.8 cm³/mol. The van der Waals surface area contributed by atoms with Gasteiger partial charge in [0.25, 0.3) is 0 Å². The Morgan fingerprint density at radius 1 is 1.43 bits per heavy atom. The molecule has 1 aromatic rings. The van der Waals surface area contributed by atoms with E-state index < -0.39 is 11.6 Å². The van der Waals surface area contributed by atoms with Crippen molar-refractivity contribution in [1.82, 2.24) is 5.32 Å². The number of hydrogen-bond donors (Lipinski definition) is 3. The van der Waals surface area contributed by atoms with Gasteiger partial charge in [-0.2, -0.15) is 0 Å². The van der Waals surface area contributed by atoms with E-state index in [0.717, 1.165) is 31.2 Å². The Balaban J connectivity index is 1.57. The first-order valence-electron chi connectivity index (χ1n) is 8.42. The monoisotopic (exact) mass is 320 g/mol. The molecule has 3 rings (SSSR count).